The third kappa shape index (κ3) is 3.10. The number of hydrogen-bond acceptors (Lipinski definition) is 2. The van der Waals surface area contributed by atoms with Crippen LogP contribution in [0.4, 0.5) is 10.1 Å². The summed E-state index contributed by atoms with van der Waals surface area (Å²) in [7, 11) is 0. The maximum absolute atomic E-state index is 13.2. The van der Waals surface area contributed by atoms with Crippen molar-refractivity contribution < 1.29 is 14.0 Å². The molecule has 1 aromatic carbocycles. The average molecular weight is 264 g/mol. The van der Waals surface area contributed by atoms with Gasteiger partial charge in [-0.2, -0.15) is 0 Å². The monoisotopic (exact) mass is 264 g/mol. The van der Waals surface area contributed by atoms with Crippen molar-refractivity contribution in [3.8, 4) is 0 Å². The zero-order valence-corrected chi connectivity index (χ0v) is 11.0. The van der Waals surface area contributed by atoms with E-state index in [0.29, 0.717) is 12.2 Å². The molecule has 1 atom stereocenters. The van der Waals surface area contributed by atoms with Gasteiger partial charge in [-0.25, -0.2) is 4.39 Å². The Bertz CT molecular complexity index is 502. The van der Waals surface area contributed by atoms with Crippen LogP contribution in [0, 0.1) is 11.7 Å². The molecule has 1 aliphatic rings. The van der Waals surface area contributed by atoms with E-state index in [2.05, 4.69) is 5.32 Å². The molecule has 19 heavy (non-hydrogen) atoms. The van der Waals surface area contributed by atoms with E-state index in [1.165, 1.54) is 17.0 Å². The Morgan fingerprint density at radius 3 is 2.84 bits per heavy atom. The maximum Gasteiger partial charge on any atom is 0.229 e. The molecule has 102 valence electrons. The standard InChI is InChI=1S/C14H17FN2O2/c1-9(2)14(19)16-11-7-13(18)17(8-11)12-5-3-4-10(15)6-12/h3-6,9,11H,7-8H2,1-2H3,(H,16,19)/t11-/m1/s1. The summed E-state index contributed by atoms with van der Waals surface area (Å²) in [4.78, 5) is 25.0. The Labute approximate surface area is 111 Å². The molecule has 0 saturated carbocycles. The van der Waals surface area contributed by atoms with Gasteiger partial charge in [-0.3, -0.25) is 9.59 Å². The van der Waals surface area contributed by atoms with E-state index in [-0.39, 0.29) is 36.0 Å². The van der Waals surface area contributed by atoms with E-state index in [4.69, 9.17) is 0 Å². The second-order valence-electron chi connectivity index (χ2n) is 5.05. The first-order valence-electron chi connectivity index (χ1n) is 6.33. The van der Waals surface area contributed by atoms with Gasteiger partial charge in [0, 0.05) is 24.6 Å². The molecule has 0 aliphatic carbocycles. The van der Waals surface area contributed by atoms with Gasteiger partial charge in [0.05, 0.1) is 6.04 Å². The summed E-state index contributed by atoms with van der Waals surface area (Å²) in [6.45, 7) is 3.99. The molecule has 1 saturated heterocycles. The van der Waals surface area contributed by atoms with Gasteiger partial charge in [-0.15, -0.1) is 0 Å². The van der Waals surface area contributed by atoms with Gasteiger partial charge in [0.1, 0.15) is 5.82 Å². The quantitative estimate of drug-likeness (QED) is 0.903. The molecular formula is C14H17FN2O2. The first-order valence-corrected chi connectivity index (χ1v) is 6.33. The SMILES string of the molecule is CC(C)C(=O)N[C@@H]1CC(=O)N(c2cccc(F)c2)C1. The third-order valence-electron chi connectivity index (χ3n) is 3.12. The molecule has 0 bridgehead atoms. The number of carbonyl (C=O) groups is 2. The lowest BCUT2D eigenvalue weighted by Crippen LogP contribution is -2.39. The Balaban J connectivity index is 2.06. The van der Waals surface area contributed by atoms with Crippen molar-refractivity contribution in [3.05, 3.63) is 30.1 Å². The Morgan fingerprint density at radius 1 is 1.47 bits per heavy atom. The van der Waals surface area contributed by atoms with Gasteiger partial charge in [-0.1, -0.05) is 19.9 Å². The number of anilines is 1. The molecule has 1 N–H and O–H groups in total. The van der Waals surface area contributed by atoms with Crippen molar-refractivity contribution in [2.75, 3.05) is 11.4 Å². The number of benzene rings is 1. The Morgan fingerprint density at radius 2 is 2.21 bits per heavy atom. The third-order valence-corrected chi connectivity index (χ3v) is 3.12. The van der Waals surface area contributed by atoms with Gasteiger partial charge >= 0.3 is 0 Å². The molecule has 0 radical (unpaired) electrons. The fourth-order valence-electron chi connectivity index (χ4n) is 2.07. The molecule has 1 aromatic rings. The minimum Gasteiger partial charge on any atom is -0.351 e. The molecule has 4 nitrogen and oxygen atoms in total. The largest absolute Gasteiger partial charge is 0.351 e. The Hall–Kier alpha value is -1.91. The van der Waals surface area contributed by atoms with E-state index in [1.54, 1.807) is 26.0 Å². The van der Waals surface area contributed by atoms with Crippen LogP contribution in [-0.2, 0) is 9.59 Å². The summed E-state index contributed by atoms with van der Waals surface area (Å²) in [5.41, 5.74) is 0.534. The molecule has 2 amide bonds. The zero-order chi connectivity index (χ0) is 14.0. The summed E-state index contributed by atoms with van der Waals surface area (Å²) < 4.78 is 13.2. The van der Waals surface area contributed by atoms with Crippen LogP contribution >= 0.6 is 0 Å². The molecule has 1 heterocycles. The zero-order valence-electron chi connectivity index (χ0n) is 11.0. The predicted molar refractivity (Wildman–Crippen MR) is 70.1 cm³/mol. The fourth-order valence-corrected chi connectivity index (χ4v) is 2.07. The van der Waals surface area contributed by atoms with Crippen molar-refractivity contribution >= 4 is 17.5 Å². The van der Waals surface area contributed by atoms with Crippen LogP contribution in [0.15, 0.2) is 24.3 Å². The highest BCUT2D eigenvalue weighted by molar-refractivity contribution is 5.96. The van der Waals surface area contributed by atoms with Crippen LogP contribution in [0.1, 0.15) is 20.3 Å². The van der Waals surface area contributed by atoms with Gasteiger partial charge in [0.15, 0.2) is 0 Å². The van der Waals surface area contributed by atoms with Crippen molar-refractivity contribution in [1.29, 1.82) is 0 Å². The highest BCUT2D eigenvalue weighted by Crippen LogP contribution is 2.22. The summed E-state index contributed by atoms with van der Waals surface area (Å²) >= 11 is 0. The summed E-state index contributed by atoms with van der Waals surface area (Å²) in [5.74, 6) is -0.656. The molecule has 2 rings (SSSR count). The number of rotatable bonds is 3. The molecular weight excluding hydrogens is 247 g/mol. The summed E-state index contributed by atoms with van der Waals surface area (Å²) in [5, 5.41) is 2.83. The minimum absolute atomic E-state index is 0.0705. The number of carbonyl (C=O) groups excluding carboxylic acids is 2. The smallest absolute Gasteiger partial charge is 0.229 e. The lowest BCUT2D eigenvalue weighted by atomic mass is 10.2. The van der Waals surface area contributed by atoms with Crippen molar-refractivity contribution in [3.63, 3.8) is 0 Å². The van der Waals surface area contributed by atoms with Crippen LogP contribution in [-0.4, -0.2) is 24.4 Å². The molecule has 0 aromatic heterocycles. The summed E-state index contributed by atoms with van der Waals surface area (Å²) in [6, 6.07) is 5.71. The van der Waals surface area contributed by atoms with Crippen molar-refractivity contribution in [2.45, 2.75) is 26.3 Å². The molecule has 0 spiro atoms. The molecule has 1 fully saturated rings. The number of halogens is 1. The maximum atomic E-state index is 13.2. The number of hydrogen-bond donors (Lipinski definition) is 1. The molecule has 1 aliphatic heterocycles. The number of amides is 2. The van der Waals surface area contributed by atoms with Gasteiger partial charge in [0.2, 0.25) is 11.8 Å². The van der Waals surface area contributed by atoms with Crippen LogP contribution in [0.3, 0.4) is 0 Å². The fraction of sp³-hybridized carbons (Fsp3) is 0.429. The van der Waals surface area contributed by atoms with Gasteiger partial charge in [0.25, 0.3) is 0 Å². The first-order chi connectivity index (χ1) is 8.97. The number of nitrogens with one attached hydrogen (secondary N) is 1. The van der Waals surface area contributed by atoms with E-state index in [0.717, 1.165) is 0 Å². The second kappa shape index (κ2) is 5.38. The Kier molecular flexibility index (Phi) is 3.83. The lowest BCUT2D eigenvalue weighted by molar-refractivity contribution is -0.124. The minimum atomic E-state index is -0.375. The van der Waals surface area contributed by atoms with Crippen LogP contribution in [0.25, 0.3) is 0 Å². The average Bonchev–Trinajstić information content (AvgIpc) is 2.70. The lowest BCUT2D eigenvalue weighted by Gasteiger charge is -2.17. The molecule has 0 unspecified atom stereocenters. The van der Waals surface area contributed by atoms with Crippen LogP contribution in [0.5, 0.6) is 0 Å². The highest BCUT2D eigenvalue weighted by atomic mass is 19.1. The first kappa shape index (κ1) is 13.5. The van der Waals surface area contributed by atoms with E-state index >= 15 is 0 Å². The van der Waals surface area contributed by atoms with E-state index in [1.807, 2.05) is 0 Å². The van der Waals surface area contributed by atoms with Crippen LogP contribution in [0.2, 0.25) is 0 Å². The van der Waals surface area contributed by atoms with Gasteiger partial charge < -0.3 is 10.2 Å². The topological polar surface area (TPSA) is 49.4 Å². The predicted octanol–water partition coefficient (Wildman–Crippen LogP) is 1.70. The highest BCUT2D eigenvalue weighted by Gasteiger charge is 2.31. The summed E-state index contributed by atoms with van der Waals surface area (Å²) in [6.07, 6.45) is 0.259. The normalized spacial score (nSPS) is 19.1. The van der Waals surface area contributed by atoms with E-state index < -0.39 is 0 Å². The second-order valence-corrected chi connectivity index (χ2v) is 5.05. The van der Waals surface area contributed by atoms with Crippen molar-refractivity contribution in [2.24, 2.45) is 5.92 Å². The number of nitrogens with zero attached hydrogens (tertiary/aromatic N) is 1. The van der Waals surface area contributed by atoms with Crippen molar-refractivity contribution in [1.82, 2.24) is 5.32 Å². The van der Waals surface area contributed by atoms with Crippen LogP contribution < -0.4 is 10.2 Å². The molecule has 5 heteroatoms. The van der Waals surface area contributed by atoms with Gasteiger partial charge in [-0.05, 0) is 18.2 Å². The van der Waals surface area contributed by atoms with E-state index in [9.17, 15) is 14.0 Å².